The molecular weight excluding hydrogens is 252 g/mol. The summed E-state index contributed by atoms with van der Waals surface area (Å²) in [4.78, 5) is 26.3. The summed E-state index contributed by atoms with van der Waals surface area (Å²) in [6.45, 7) is 0.602. The molecule has 2 fully saturated rings. The molecule has 1 aromatic rings. The lowest BCUT2D eigenvalue weighted by atomic mass is 9.81. The Labute approximate surface area is 118 Å². The monoisotopic (exact) mass is 272 g/mol. The highest BCUT2D eigenvalue weighted by Gasteiger charge is 2.48. The minimum atomic E-state index is -0.0834. The summed E-state index contributed by atoms with van der Waals surface area (Å²) >= 11 is 0. The van der Waals surface area contributed by atoms with E-state index in [0.717, 1.165) is 37.7 Å². The number of fused-ring (bicyclic) bond motifs is 1. The molecule has 1 aliphatic heterocycles. The Hall–Kier alpha value is -1.68. The van der Waals surface area contributed by atoms with E-state index in [1.165, 1.54) is 4.90 Å². The van der Waals surface area contributed by atoms with Gasteiger partial charge in [0.25, 0.3) is 0 Å². The van der Waals surface area contributed by atoms with Crippen LogP contribution in [-0.4, -0.2) is 18.4 Å². The quantitative estimate of drug-likeness (QED) is 0.854. The van der Waals surface area contributed by atoms with E-state index >= 15 is 0 Å². The molecule has 4 heteroatoms. The normalized spacial score (nSPS) is 25.9. The predicted octanol–water partition coefficient (Wildman–Crippen LogP) is 1.87. The minimum absolute atomic E-state index is 0.00808. The maximum atomic E-state index is 12.4. The van der Waals surface area contributed by atoms with Crippen molar-refractivity contribution in [3.63, 3.8) is 0 Å². The molecule has 1 saturated carbocycles. The number of benzene rings is 1. The fourth-order valence-electron chi connectivity index (χ4n) is 3.40. The number of carbonyl (C=O) groups is 2. The Kier molecular flexibility index (Phi) is 3.57. The van der Waals surface area contributed by atoms with E-state index < -0.39 is 0 Å². The van der Waals surface area contributed by atoms with E-state index in [2.05, 4.69) is 0 Å². The van der Waals surface area contributed by atoms with Crippen LogP contribution in [-0.2, 0) is 16.0 Å². The molecule has 2 atom stereocenters. The highest BCUT2D eigenvalue weighted by molar-refractivity contribution is 6.22. The maximum Gasteiger partial charge on any atom is 0.237 e. The van der Waals surface area contributed by atoms with E-state index in [0.29, 0.717) is 12.2 Å². The van der Waals surface area contributed by atoms with Crippen LogP contribution >= 0.6 is 0 Å². The molecule has 2 aliphatic rings. The molecule has 3 rings (SSSR count). The molecule has 20 heavy (non-hydrogen) atoms. The highest BCUT2D eigenvalue weighted by Crippen LogP contribution is 2.39. The van der Waals surface area contributed by atoms with Gasteiger partial charge >= 0.3 is 0 Å². The van der Waals surface area contributed by atoms with Gasteiger partial charge in [0.1, 0.15) is 0 Å². The van der Waals surface area contributed by atoms with Crippen LogP contribution in [0.3, 0.4) is 0 Å². The standard InChI is InChI=1S/C16H20N2O2/c17-10-9-11-5-7-12(8-6-11)18-15(19)13-3-1-2-4-14(13)16(18)20/h5-8,13-14H,1-4,9-10,17H2. The van der Waals surface area contributed by atoms with E-state index in [1.54, 1.807) is 0 Å². The van der Waals surface area contributed by atoms with Gasteiger partial charge < -0.3 is 5.73 Å². The Balaban J connectivity index is 1.85. The summed E-state index contributed by atoms with van der Waals surface area (Å²) in [5, 5.41) is 0. The summed E-state index contributed by atoms with van der Waals surface area (Å²) in [6.07, 6.45) is 4.65. The maximum absolute atomic E-state index is 12.4. The van der Waals surface area contributed by atoms with Crippen molar-refractivity contribution in [1.82, 2.24) is 0 Å². The Morgan fingerprint density at radius 3 is 2.05 bits per heavy atom. The third-order valence-electron chi connectivity index (χ3n) is 4.47. The first kappa shape index (κ1) is 13.3. The Morgan fingerprint density at radius 2 is 1.55 bits per heavy atom. The number of nitrogens with two attached hydrogens (primary N) is 1. The number of imide groups is 1. The van der Waals surface area contributed by atoms with Crippen LogP contribution in [0.4, 0.5) is 5.69 Å². The van der Waals surface area contributed by atoms with Crippen LogP contribution in [0.15, 0.2) is 24.3 Å². The van der Waals surface area contributed by atoms with E-state index in [1.807, 2.05) is 24.3 Å². The van der Waals surface area contributed by atoms with Gasteiger partial charge in [-0.25, -0.2) is 0 Å². The first-order valence-corrected chi connectivity index (χ1v) is 7.39. The van der Waals surface area contributed by atoms with Crippen molar-refractivity contribution in [3.05, 3.63) is 29.8 Å². The Morgan fingerprint density at radius 1 is 1.00 bits per heavy atom. The third-order valence-corrected chi connectivity index (χ3v) is 4.47. The molecule has 1 heterocycles. The zero-order valence-electron chi connectivity index (χ0n) is 11.5. The SMILES string of the molecule is NCCc1ccc(N2C(=O)C3CCCCC3C2=O)cc1. The molecule has 4 nitrogen and oxygen atoms in total. The van der Waals surface area contributed by atoms with Crippen molar-refractivity contribution in [2.24, 2.45) is 17.6 Å². The van der Waals surface area contributed by atoms with Crippen LogP contribution in [0.25, 0.3) is 0 Å². The second kappa shape index (κ2) is 5.37. The van der Waals surface area contributed by atoms with Gasteiger partial charge in [0.15, 0.2) is 0 Å². The largest absolute Gasteiger partial charge is 0.330 e. The van der Waals surface area contributed by atoms with Gasteiger partial charge in [0.05, 0.1) is 17.5 Å². The van der Waals surface area contributed by atoms with Gasteiger partial charge in [-0.1, -0.05) is 25.0 Å². The van der Waals surface area contributed by atoms with Gasteiger partial charge in [0, 0.05) is 0 Å². The van der Waals surface area contributed by atoms with E-state index in [4.69, 9.17) is 5.73 Å². The van der Waals surface area contributed by atoms with Crippen LogP contribution in [0.2, 0.25) is 0 Å². The van der Waals surface area contributed by atoms with Crippen molar-refractivity contribution < 1.29 is 9.59 Å². The van der Waals surface area contributed by atoms with Crippen LogP contribution in [0.1, 0.15) is 31.2 Å². The van der Waals surface area contributed by atoms with Gasteiger partial charge in [-0.05, 0) is 43.5 Å². The predicted molar refractivity (Wildman–Crippen MR) is 77.1 cm³/mol. The van der Waals surface area contributed by atoms with Crippen LogP contribution in [0.5, 0.6) is 0 Å². The number of hydrogen-bond acceptors (Lipinski definition) is 3. The average molecular weight is 272 g/mol. The zero-order chi connectivity index (χ0) is 14.1. The zero-order valence-corrected chi connectivity index (χ0v) is 11.5. The number of hydrogen-bond donors (Lipinski definition) is 1. The molecule has 1 saturated heterocycles. The number of anilines is 1. The minimum Gasteiger partial charge on any atom is -0.330 e. The molecule has 0 radical (unpaired) electrons. The lowest BCUT2D eigenvalue weighted by Crippen LogP contribution is -2.30. The molecule has 2 unspecified atom stereocenters. The summed E-state index contributed by atoms with van der Waals surface area (Å²) in [7, 11) is 0. The summed E-state index contributed by atoms with van der Waals surface area (Å²) in [5.41, 5.74) is 7.36. The molecule has 0 spiro atoms. The average Bonchev–Trinajstić information content (AvgIpc) is 2.73. The number of rotatable bonds is 3. The second-order valence-electron chi connectivity index (χ2n) is 5.71. The molecule has 106 valence electrons. The summed E-state index contributed by atoms with van der Waals surface area (Å²) in [6, 6.07) is 7.62. The van der Waals surface area contributed by atoms with Gasteiger partial charge in [0.2, 0.25) is 11.8 Å². The molecule has 1 aromatic carbocycles. The first-order chi connectivity index (χ1) is 9.72. The van der Waals surface area contributed by atoms with Crippen molar-refractivity contribution >= 4 is 17.5 Å². The van der Waals surface area contributed by atoms with Crippen LogP contribution in [0, 0.1) is 11.8 Å². The molecule has 0 bridgehead atoms. The highest BCUT2D eigenvalue weighted by atomic mass is 16.2. The number of amides is 2. The molecule has 0 aromatic heterocycles. The summed E-state index contributed by atoms with van der Waals surface area (Å²) in [5.74, 6) is -0.183. The van der Waals surface area contributed by atoms with Crippen molar-refractivity contribution in [3.8, 4) is 0 Å². The lowest BCUT2D eigenvalue weighted by Gasteiger charge is -2.19. The third kappa shape index (κ3) is 2.14. The molecular formula is C16H20N2O2. The topological polar surface area (TPSA) is 63.4 Å². The second-order valence-corrected chi connectivity index (χ2v) is 5.71. The number of carbonyl (C=O) groups excluding carboxylic acids is 2. The molecule has 2 amide bonds. The van der Waals surface area contributed by atoms with Crippen molar-refractivity contribution in [1.29, 1.82) is 0 Å². The fourth-order valence-corrected chi connectivity index (χ4v) is 3.40. The van der Waals surface area contributed by atoms with Gasteiger partial charge in [-0.15, -0.1) is 0 Å². The molecule has 1 aliphatic carbocycles. The van der Waals surface area contributed by atoms with Crippen LogP contribution < -0.4 is 10.6 Å². The van der Waals surface area contributed by atoms with E-state index in [-0.39, 0.29) is 23.7 Å². The van der Waals surface area contributed by atoms with Crippen molar-refractivity contribution in [2.45, 2.75) is 32.1 Å². The smallest absolute Gasteiger partial charge is 0.237 e. The van der Waals surface area contributed by atoms with Gasteiger partial charge in [-0.3, -0.25) is 14.5 Å². The van der Waals surface area contributed by atoms with Gasteiger partial charge in [-0.2, -0.15) is 0 Å². The Bertz CT molecular complexity index is 500. The first-order valence-electron chi connectivity index (χ1n) is 7.39. The number of nitrogens with zero attached hydrogens (tertiary/aromatic N) is 1. The van der Waals surface area contributed by atoms with Crippen molar-refractivity contribution in [2.75, 3.05) is 11.4 Å². The summed E-state index contributed by atoms with van der Waals surface area (Å²) < 4.78 is 0. The lowest BCUT2D eigenvalue weighted by molar-refractivity contribution is -0.122. The molecule has 2 N–H and O–H groups in total. The fraction of sp³-hybridized carbons (Fsp3) is 0.500. The van der Waals surface area contributed by atoms with E-state index in [9.17, 15) is 9.59 Å².